The lowest BCUT2D eigenvalue weighted by atomic mass is 10.3. The molecule has 0 saturated carbocycles. The predicted molar refractivity (Wildman–Crippen MR) is 52.0 cm³/mol. The van der Waals surface area contributed by atoms with Crippen molar-refractivity contribution in [1.29, 1.82) is 0 Å². The second kappa shape index (κ2) is 2.76. The summed E-state index contributed by atoms with van der Waals surface area (Å²) in [5, 5.41) is 13.6. The number of nitrogens with one attached hydrogen (secondary N) is 1. The third kappa shape index (κ3) is 1.32. The largest absolute Gasteiger partial charge is 0.503 e. The van der Waals surface area contributed by atoms with Gasteiger partial charge >= 0.3 is 0 Å². The molecule has 0 saturated heterocycles. The molecule has 1 unspecified atom stereocenters. The Balaban J connectivity index is 2.33. The third-order valence-electron chi connectivity index (χ3n) is 1.93. The zero-order chi connectivity index (χ0) is 9.47. The minimum absolute atomic E-state index is 0.247. The maximum absolute atomic E-state index is 9.32. The number of hydrazone groups is 1. The van der Waals surface area contributed by atoms with E-state index in [0.717, 1.165) is 5.84 Å². The highest BCUT2D eigenvalue weighted by Gasteiger charge is 2.38. The molecule has 0 aromatic carbocycles. The van der Waals surface area contributed by atoms with Crippen molar-refractivity contribution >= 4 is 17.8 Å². The van der Waals surface area contributed by atoms with Gasteiger partial charge in [0.2, 0.25) is 0 Å². The lowest BCUT2D eigenvalue weighted by molar-refractivity contribution is -0.821. The molecular formula is C7H11N4OS+. The van der Waals surface area contributed by atoms with Crippen LogP contribution in [-0.2, 0) is 0 Å². The zero-order valence-electron chi connectivity index (χ0n) is 7.43. The minimum atomic E-state index is 0.247. The van der Waals surface area contributed by atoms with E-state index >= 15 is 0 Å². The number of likely N-dealkylation sites (N-methyl/N-ethyl adjacent to an activating group) is 1. The first-order chi connectivity index (χ1) is 6.14. The minimum Gasteiger partial charge on any atom is -0.503 e. The number of allylic oxidation sites excluding steroid dienone is 1. The summed E-state index contributed by atoms with van der Waals surface area (Å²) in [5.74, 6) is 1.10. The Morgan fingerprint density at radius 3 is 3.08 bits per heavy atom. The first-order valence-corrected chi connectivity index (χ1v) is 5.00. The molecule has 6 heteroatoms. The highest BCUT2D eigenvalue weighted by molar-refractivity contribution is 7.96. The average Bonchev–Trinajstić information content (AvgIpc) is 2.40. The Bertz CT molecular complexity index is 324. The molecule has 2 aliphatic rings. The van der Waals surface area contributed by atoms with Gasteiger partial charge in [-0.1, -0.05) is 5.10 Å². The van der Waals surface area contributed by atoms with Gasteiger partial charge in [0.25, 0.3) is 5.84 Å². The molecule has 70 valence electrons. The Kier molecular flexibility index (Phi) is 1.83. The van der Waals surface area contributed by atoms with E-state index in [2.05, 4.69) is 10.6 Å². The summed E-state index contributed by atoms with van der Waals surface area (Å²) in [7, 11) is 1.91. The van der Waals surface area contributed by atoms with Gasteiger partial charge in [0.15, 0.2) is 12.0 Å². The monoisotopic (exact) mass is 199 g/mol. The lowest BCUT2D eigenvalue weighted by Gasteiger charge is -2.24. The fraction of sp³-hybridized carbons (Fsp3) is 0.286. The van der Waals surface area contributed by atoms with Crippen LogP contribution in [0.15, 0.2) is 29.2 Å². The maximum Gasteiger partial charge on any atom is 0.272 e. The molecular weight excluding hydrogens is 188 g/mol. The zero-order valence-corrected chi connectivity index (χ0v) is 8.25. The Labute approximate surface area is 80.7 Å². The number of aliphatic hydroxyl groups is 1. The smallest absolute Gasteiger partial charge is 0.272 e. The number of quaternary nitrogens is 1. The Morgan fingerprint density at radius 1 is 1.62 bits per heavy atom. The summed E-state index contributed by atoms with van der Waals surface area (Å²) in [6.07, 6.45) is 7.03. The van der Waals surface area contributed by atoms with E-state index < -0.39 is 0 Å². The van der Waals surface area contributed by atoms with E-state index in [1.807, 2.05) is 13.3 Å². The van der Waals surface area contributed by atoms with Gasteiger partial charge in [-0.05, 0) is 23.6 Å². The normalized spacial score (nSPS) is 31.4. The molecule has 0 radical (unpaired) electrons. The van der Waals surface area contributed by atoms with Crippen LogP contribution in [0.1, 0.15) is 0 Å². The van der Waals surface area contributed by atoms with Crippen LogP contribution in [0.4, 0.5) is 0 Å². The molecule has 0 bridgehead atoms. The molecule has 2 heterocycles. The van der Waals surface area contributed by atoms with Crippen molar-refractivity contribution in [1.82, 2.24) is 10.1 Å². The Morgan fingerprint density at radius 2 is 2.38 bits per heavy atom. The van der Waals surface area contributed by atoms with E-state index in [0.29, 0.717) is 4.59 Å². The number of fused-ring (bicyclic) bond motifs is 1. The molecule has 0 fully saturated rings. The summed E-state index contributed by atoms with van der Waals surface area (Å²) in [6.45, 7) is 0. The van der Waals surface area contributed by atoms with Crippen LogP contribution in [0, 0.1) is 0 Å². The number of rotatable bonds is 1. The highest BCUT2D eigenvalue weighted by atomic mass is 32.2. The number of amidine groups is 1. The van der Waals surface area contributed by atoms with E-state index in [9.17, 15) is 5.11 Å². The standard InChI is InChI=1S/C7H10N4OS/c1-11-5-6(12)3-4-7(11)8-10(9-11)13-2/h3-5,9H,1-2H3/p+1. The summed E-state index contributed by atoms with van der Waals surface area (Å²) >= 11 is 1.47. The van der Waals surface area contributed by atoms with Crippen LogP contribution < -0.4 is 5.53 Å². The van der Waals surface area contributed by atoms with Gasteiger partial charge in [0.05, 0.1) is 7.05 Å². The molecule has 0 aliphatic carbocycles. The topological polar surface area (TPSA) is 47.9 Å². The van der Waals surface area contributed by atoms with Crippen LogP contribution in [0.25, 0.3) is 0 Å². The van der Waals surface area contributed by atoms with Crippen molar-refractivity contribution in [3.63, 3.8) is 0 Å². The summed E-state index contributed by atoms with van der Waals surface area (Å²) in [5.41, 5.74) is 3.09. The molecule has 2 aliphatic heterocycles. The summed E-state index contributed by atoms with van der Waals surface area (Å²) in [4.78, 5) is 0. The van der Waals surface area contributed by atoms with E-state index in [4.69, 9.17) is 0 Å². The molecule has 2 N–H and O–H groups in total. The highest BCUT2D eigenvalue weighted by Crippen LogP contribution is 2.21. The third-order valence-corrected chi connectivity index (χ3v) is 2.44. The molecule has 0 aromatic heterocycles. The second-order valence-corrected chi connectivity index (χ2v) is 3.69. The second-order valence-electron chi connectivity index (χ2n) is 2.98. The van der Waals surface area contributed by atoms with Crippen molar-refractivity contribution in [2.75, 3.05) is 13.3 Å². The van der Waals surface area contributed by atoms with Crippen LogP contribution >= 0.6 is 11.9 Å². The van der Waals surface area contributed by atoms with Crippen LogP contribution in [0.5, 0.6) is 0 Å². The number of hydrogen-bond acceptors (Lipinski definition) is 5. The lowest BCUT2D eigenvalue weighted by Crippen LogP contribution is -2.53. The Hall–Kier alpha value is -0.980. The van der Waals surface area contributed by atoms with Gasteiger partial charge in [-0.2, -0.15) is 0 Å². The average molecular weight is 199 g/mol. The maximum atomic E-state index is 9.32. The van der Waals surface area contributed by atoms with Gasteiger partial charge in [-0.3, -0.25) is 0 Å². The van der Waals surface area contributed by atoms with E-state index in [1.54, 1.807) is 22.9 Å². The van der Waals surface area contributed by atoms with Crippen molar-refractivity contribution in [2.45, 2.75) is 0 Å². The van der Waals surface area contributed by atoms with E-state index in [1.165, 1.54) is 11.9 Å². The van der Waals surface area contributed by atoms with Crippen molar-refractivity contribution in [3.05, 3.63) is 24.1 Å². The fourth-order valence-electron chi connectivity index (χ4n) is 1.27. The molecule has 0 amide bonds. The van der Waals surface area contributed by atoms with Crippen LogP contribution in [0.2, 0.25) is 0 Å². The number of aliphatic hydroxyl groups excluding tert-OH is 1. The van der Waals surface area contributed by atoms with Gasteiger partial charge in [0.1, 0.15) is 0 Å². The van der Waals surface area contributed by atoms with Crippen LogP contribution in [-0.4, -0.2) is 33.4 Å². The quantitative estimate of drug-likeness (QED) is 0.483. The number of nitrogens with zero attached hydrogens (tertiary/aromatic N) is 3. The molecule has 0 spiro atoms. The molecule has 13 heavy (non-hydrogen) atoms. The predicted octanol–water partition coefficient (Wildman–Crippen LogP) is 0.729. The van der Waals surface area contributed by atoms with Crippen LogP contribution in [0.3, 0.4) is 0 Å². The summed E-state index contributed by atoms with van der Waals surface area (Å²) < 4.78 is 1.97. The SMILES string of the molecule is CSN1N=C2C=CC(O)=C[N+]2(C)N1. The van der Waals surface area contributed by atoms with Gasteiger partial charge < -0.3 is 5.11 Å². The van der Waals surface area contributed by atoms with E-state index in [-0.39, 0.29) is 5.76 Å². The molecule has 2 rings (SSSR count). The molecule has 0 aromatic rings. The fourth-order valence-corrected chi connectivity index (χ4v) is 1.69. The summed E-state index contributed by atoms with van der Waals surface area (Å²) in [6, 6.07) is 0. The number of hydrogen-bond donors (Lipinski definition) is 2. The number of hydrazine groups is 1. The molecule has 5 nitrogen and oxygen atoms in total. The van der Waals surface area contributed by atoms with Gasteiger partial charge in [0, 0.05) is 12.3 Å². The molecule has 1 atom stereocenters. The van der Waals surface area contributed by atoms with Gasteiger partial charge in [-0.25, -0.2) is 0 Å². The van der Waals surface area contributed by atoms with Crippen molar-refractivity contribution in [3.8, 4) is 0 Å². The van der Waals surface area contributed by atoms with Gasteiger partial charge in [-0.15, -0.1) is 9.12 Å². The first-order valence-electron chi connectivity index (χ1n) is 3.81. The van der Waals surface area contributed by atoms with Crippen molar-refractivity contribution in [2.24, 2.45) is 5.10 Å². The first kappa shape index (κ1) is 8.61. The van der Waals surface area contributed by atoms with Crippen molar-refractivity contribution < 1.29 is 9.70 Å².